The lowest BCUT2D eigenvalue weighted by Crippen LogP contribution is -2.33. The second-order valence-corrected chi connectivity index (χ2v) is 5.68. The predicted octanol–water partition coefficient (Wildman–Crippen LogP) is 3.23. The number of nitrogens with one attached hydrogen (secondary N) is 1. The molecule has 0 bridgehead atoms. The predicted molar refractivity (Wildman–Crippen MR) is 88.1 cm³/mol. The van der Waals surface area contributed by atoms with Crippen LogP contribution in [0.2, 0.25) is 0 Å². The van der Waals surface area contributed by atoms with Gasteiger partial charge in [0.05, 0.1) is 7.11 Å². The summed E-state index contributed by atoms with van der Waals surface area (Å²) >= 11 is 0. The summed E-state index contributed by atoms with van der Waals surface area (Å²) in [5, 5.41) is 3.34. The Hall–Kier alpha value is -2.33. The van der Waals surface area contributed by atoms with Gasteiger partial charge in [0.1, 0.15) is 18.4 Å². The Labute approximate surface area is 136 Å². The number of rotatable bonds is 5. The van der Waals surface area contributed by atoms with E-state index in [1.54, 1.807) is 0 Å². The van der Waals surface area contributed by atoms with Crippen LogP contribution in [-0.4, -0.2) is 19.1 Å². The molecular weight excluding hydrogens is 290 g/mol. The van der Waals surface area contributed by atoms with Gasteiger partial charge in [-0.15, -0.1) is 0 Å². The molecule has 2 atom stereocenters. The summed E-state index contributed by atoms with van der Waals surface area (Å²) in [4.78, 5) is 11.7. The van der Waals surface area contributed by atoms with E-state index in [4.69, 9.17) is 9.47 Å². The van der Waals surface area contributed by atoms with Crippen LogP contribution < -0.4 is 10.1 Å². The number of esters is 1. The molecule has 0 radical (unpaired) electrons. The van der Waals surface area contributed by atoms with E-state index in [-0.39, 0.29) is 18.1 Å². The van der Waals surface area contributed by atoms with E-state index in [0.717, 1.165) is 29.7 Å². The van der Waals surface area contributed by atoms with Gasteiger partial charge in [-0.05, 0) is 24.5 Å². The van der Waals surface area contributed by atoms with Gasteiger partial charge in [0.15, 0.2) is 0 Å². The molecule has 4 heteroatoms. The first-order valence-corrected chi connectivity index (χ1v) is 7.87. The minimum Gasteiger partial charge on any atom is -0.489 e. The molecule has 3 rings (SSSR count). The Morgan fingerprint density at radius 3 is 2.61 bits per heavy atom. The number of carbonyl (C=O) groups is 1. The van der Waals surface area contributed by atoms with Crippen molar-refractivity contribution in [3.63, 3.8) is 0 Å². The monoisotopic (exact) mass is 311 g/mol. The maximum Gasteiger partial charge on any atom is 0.322 e. The highest BCUT2D eigenvalue weighted by molar-refractivity contribution is 5.76. The van der Waals surface area contributed by atoms with Crippen LogP contribution in [0.3, 0.4) is 0 Å². The molecule has 0 aromatic heterocycles. The number of hydrogen-bond acceptors (Lipinski definition) is 4. The van der Waals surface area contributed by atoms with Crippen LogP contribution in [0.25, 0.3) is 0 Å². The van der Waals surface area contributed by atoms with E-state index >= 15 is 0 Å². The molecule has 1 fully saturated rings. The van der Waals surface area contributed by atoms with Gasteiger partial charge in [0.2, 0.25) is 0 Å². The first-order chi connectivity index (χ1) is 11.3. The Morgan fingerprint density at radius 2 is 1.83 bits per heavy atom. The van der Waals surface area contributed by atoms with Crippen LogP contribution >= 0.6 is 0 Å². The van der Waals surface area contributed by atoms with Crippen molar-refractivity contribution in [1.29, 1.82) is 0 Å². The molecule has 1 N–H and O–H groups in total. The van der Waals surface area contributed by atoms with Crippen LogP contribution in [-0.2, 0) is 16.1 Å². The molecular formula is C19H21NO3. The lowest BCUT2D eigenvalue weighted by Gasteiger charge is -2.17. The molecule has 4 nitrogen and oxygen atoms in total. The van der Waals surface area contributed by atoms with Gasteiger partial charge in [0, 0.05) is 11.6 Å². The Kier molecular flexibility index (Phi) is 4.93. The van der Waals surface area contributed by atoms with Gasteiger partial charge >= 0.3 is 5.97 Å². The van der Waals surface area contributed by atoms with Crippen molar-refractivity contribution < 1.29 is 14.3 Å². The summed E-state index contributed by atoms with van der Waals surface area (Å²) < 4.78 is 10.8. The van der Waals surface area contributed by atoms with Gasteiger partial charge in [0.25, 0.3) is 0 Å². The summed E-state index contributed by atoms with van der Waals surface area (Å²) in [5.41, 5.74) is 2.23. The molecule has 2 unspecified atom stereocenters. The zero-order valence-corrected chi connectivity index (χ0v) is 13.2. The molecule has 1 aliphatic rings. The molecule has 1 saturated heterocycles. The Bertz CT molecular complexity index is 657. The summed E-state index contributed by atoms with van der Waals surface area (Å²) in [6.45, 7) is 0.533. The topological polar surface area (TPSA) is 47.6 Å². The van der Waals surface area contributed by atoms with Crippen LogP contribution in [0.15, 0.2) is 54.6 Å². The average molecular weight is 311 g/mol. The summed E-state index contributed by atoms with van der Waals surface area (Å²) in [5.74, 6) is 0.662. The molecule has 1 aliphatic heterocycles. The molecule has 23 heavy (non-hydrogen) atoms. The molecule has 2 aromatic rings. The highest BCUT2D eigenvalue weighted by atomic mass is 16.5. The van der Waals surface area contributed by atoms with Gasteiger partial charge in [-0.1, -0.05) is 48.5 Å². The number of ether oxygens (including phenoxy) is 2. The number of methoxy groups -OCH3 is 1. The second-order valence-electron chi connectivity index (χ2n) is 5.68. The minimum absolute atomic E-state index is 0.117. The lowest BCUT2D eigenvalue weighted by atomic mass is 10.0. The zero-order chi connectivity index (χ0) is 16.1. The van der Waals surface area contributed by atoms with Crippen molar-refractivity contribution in [1.82, 2.24) is 5.32 Å². The van der Waals surface area contributed by atoms with E-state index < -0.39 is 0 Å². The Balaban J connectivity index is 1.70. The number of hydrogen-bond donors (Lipinski definition) is 1. The van der Waals surface area contributed by atoms with Crippen LogP contribution in [0.5, 0.6) is 5.75 Å². The van der Waals surface area contributed by atoms with Crippen molar-refractivity contribution in [2.45, 2.75) is 31.5 Å². The first kappa shape index (κ1) is 15.6. The molecule has 2 aromatic carbocycles. The highest BCUT2D eigenvalue weighted by Gasteiger charge is 2.31. The third kappa shape index (κ3) is 3.71. The van der Waals surface area contributed by atoms with Crippen LogP contribution in [0.4, 0.5) is 0 Å². The fourth-order valence-corrected chi connectivity index (χ4v) is 2.95. The summed E-state index contributed by atoms with van der Waals surface area (Å²) in [7, 11) is 1.42. The second kappa shape index (κ2) is 7.29. The average Bonchev–Trinajstić information content (AvgIpc) is 3.10. The third-order valence-electron chi connectivity index (χ3n) is 4.16. The molecule has 120 valence electrons. The van der Waals surface area contributed by atoms with Gasteiger partial charge in [-0.3, -0.25) is 10.1 Å². The van der Waals surface area contributed by atoms with Crippen molar-refractivity contribution in [2.75, 3.05) is 7.11 Å². The van der Waals surface area contributed by atoms with Crippen molar-refractivity contribution in [3.8, 4) is 5.75 Å². The summed E-state index contributed by atoms with van der Waals surface area (Å²) in [6.07, 6.45) is 1.68. The first-order valence-electron chi connectivity index (χ1n) is 7.87. The fourth-order valence-electron chi connectivity index (χ4n) is 2.95. The van der Waals surface area contributed by atoms with Gasteiger partial charge in [-0.2, -0.15) is 0 Å². The Morgan fingerprint density at radius 1 is 1.09 bits per heavy atom. The summed E-state index contributed by atoms with van der Waals surface area (Å²) in [6, 6.07) is 18.0. The molecule has 1 heterocycles. The maximum absolute atomic E-state index is 11.7. The van der Waals surface area contributed by atoms with E-state index in [0.29, 0.717) is 6.61 Å². The van der Waals surface area contributed by atoms with Gasteiger partial charge in [-0.25, -0.2) is 0 Å². The number of benzene rings is 2. The zero-order valence-electron chi connectivity index (χ0n) is 13.2. The van der Waals surface area contributed by atoms with E-state index in [1.807, 2.05) is 48.5 Å². The van der Waals surface area contributed by atoms with Crippen molar-refractivity contribution >= 4 is 5.97 Å². The van der Waals surface area contributed by atoms with Crippen LogP contribution in [0.1, 0.15) is 30.0 Å². The standard InChI is InChI=1S/C19H21NO3/c1-22-19(21)17-12-11-16(20-17)15-9-5-6-10-18(15)23-13-14-7-3-2-4-8-14/h2-10,16-17,20H,11-13H2,1H3. The quantitative estimate of drug-likeness (QED) is 0.861. The van der Waals surface area contributed by atoms with Crippen molar-refractivity contribution in [3.05, 3.63) is 65.7 Å². The molecule has 0 saturated carbocycles. The minimum atomic E-state index is -0.229. The number of para-hydroxylation sites is 1. The largest absolute Gasteiger partial charge is 0.489 e. The molecule has 0 spiro atoms. The van der Waals surface area contributed by atoms with E-state index in [9.17, 15) is 4.79 Å². The smallest absolute Gasteiger partial charge is 0.322 e. The fraction of sp³-hybridized carbons (Fsp3) is 0.316. The highest BCUT2D eigenvalue weighted by Crippen LogP contribution is 2.33. The lowest BCUT2D eigenvalue weighted by molar-refractivity contribution is -0.142. The van der Waals surface area contributed by atoms with Gasteiger partial charge < -0.3 is 9.47 Å². The normalized spacial score (nSPS) is 20.2. The van der Waals surface area contributed by atoms with E-state index in [1.165, 1.54) is 7.11 Å². The van der Waals surface area contributed by atoms with Crippen molar-refractivity contribution in [2.24, 2.45) is 0 Å². The maximum atomic E-state index is 11.7. The molecule has 0 aliphatic carbocycles. The third-order valence-corrected chi connectivity index (χ3v) is 4.16. The SMILES string of the molecule is COC(=O)C1CCC(c2ccccc2OCc2ccccc2)N1. The van der Waals surface area contributed by atoms with Crippen LogP contribution in [0, 0.1) is 0 Å². The van der Waals surface area contributed by atoms with E-state index in [2.05, 4.69) is 11.4 Å². The molecule has 0 amide bonds. The number of carbonyl (C=O) groups excluding carboxylic acids is 1.